The number of aromatic hydroxyl groups is 1. The number of unbranched alkanes of at least 4 members (excludes halogenated alkanes) is 1. The van der Waals surface area contributed by atoms with E-state index in [0.29, 0.717) is 5.75 Å². The van der Waals surface area contributed by atoms with E-state index in [1.54, 1.807) is 25.1 Å². The van der Waals surface area contributed by atoms with Gasteiger partial charge in [-0.25, -0.2) is 0 Å². The van der Waals surface area contributed by atoms with Gasteiger partial charge in [0, 0.05) is 29.9 Å². The molecule has 0 fully saturated rings. The molecule has 0 amide bonds. The minimum Gasteiger partial charge on any atom is -0.504 e. The van der Waals surface area contributed by atoms with Crippen LogP contribution in [0, 0.1) is 0 Å². The van der Waals surface area contributed by atoms with Crippen molar-refractivity contribution in [3.63, 3.8) is 0 Å². The molecule has 0 unspecified atom stereocenters. The molecule has 2 N–H and O–H groups in total. The van der Waals surface area contributed by atoms with Crippen LogP contribution in [0.5, 0.6) is 11.5 Å². The van der Waals surface area contributed by atoms with Crippen molar-refractivity contribution in [3.05, 3.63) is 42.5 Å². The second-order valence-electron chi connectivity index (χ2n) is 6.86. The fraction of sp³-hybridized carbons (Fsp3) is 0.429. The fourth-order valence-corrected chi connectivity index (χ4v) is 4.50. The summed E-state index contributed by atoms with van der Waals surface area (Å²) >= 11 is 1.62. The number of benzene rings is 2. The van der Waals surface area contributed by atoms with E-state index in [4.69, 9.17) is 4.74 Å². The number of ether oxygens (including phenoxy) is 1. The van der Waals surface area contributed by atoms with Gasteiger partial charge in [0.1, 0.15) is 0 Å². The number of hydrogen-bond acceptors (Lipinski definition) is 5. The Kier molecular flexibility index (Phi) is 5.99. The van der Waals surface area contributed by atoms with Crippen molar-refractivity contribution < 1.29 is 9.84 Å². The van der Waals surface area contributed by atoms with Gasteiger partial charge >= 0.3 is 0 Å². The first kappa shape index (κ1) is 18.9. The van der Waals surface area contributed by atoms with Crippen molar-refractivity contribution >= 4 is 23.3 Å². The molecule has 3 rings (SSSR count). The topological polar surface area (TPSA) is 44.7 Å². The highest BCUT2D eigenvalue weighted by Crippen LogP contribution is 2.45. The van der Waals surface area contributed by atoms with Crippen LogP contribution < -0.4 is 14.4 Å². The summed E-state index contributed by atoms with van der Waals surface area (Å²) in [4.78, 5) is 3.36. The third-order valence-corrected chi connectivity index (χ3v) is 6.23. The minimum absolute atomic E-state index is 0.0123. The van der Waals surface area contributed by atoms with E-state index in [1.807, 2.05) is 12.1 Å². The lowest BCUT2D eigenvalue weighted by Gasteiger charge is -2.37. The monoisotopic (exact) mass is 372 g/mol. The average molecular weight is 373 g/mol. The fourth-order valence-electron chi connectivity index (χ4n) is 3.42. The van der Waals surface area contributed by atoms with Gasteiger partial charge in [0.05, 0.1) is 17.7 Å². The Morgan fingerprint density at radius 1 is 1.23 bits per heavy atom. The number of nitrogens with zero attached hydrogens (tertiary/aromatic N) is 1. The number of nitrogens with one attached hydrogen (secondary N) is 1. The number of methoxy groups -OCH3 is 1. The van der Waals surface area contributed by atoms with Crippen molar-refractivity contribution in [2.75, 3.05) is 18.6 Å². The third-order valence-electron chi connectivity index (χ3n) is 5.14. The second kappa shape index (κ2) is 8.23. The standard InChI is InChI=1S/C21H28N2O2S/c1-4-6-12-21(5-2)15-23(16-10-8-7-9-11-16)17-13-19(25-3)18(24)14-20(17)26-22-21/h7-11,13-14,22,24H,4-6,12,15H2,1-3H3/t21-/m0/s1. The molecule has 0 aliphatic carbocycles. The highest BCUT2D eigenvalue weighted by Gasteiger charge is 2.35. The molecule has 1 heterocycles. The minimum atomic E-state index is 0.0123. The lowest BCUT2D eigenvalue weighted by molar-refractivity contribution is 0.351. The molecule has 2 aromatic carbocycles. The molecule has 0 bridgehead atoms. The first-order valence-corrected chi connectivity index (χ1v) is 10.1. The molecule has 140 valence electrons. The Morgan fingerprint density at radius 3 is 2.65 bits per heavy atom. The summed E-state index contributed by atoms with van der Waals surface area (Å²) < 4.78 is 9.10. The predicted octanol–water partition coefficient (Wildman–Crippen LogP) is 5.49. The number of phenols is 1. The Balaban J connectivity index is 2.09. The van der Waals surface area contributed by atoms with Crippen LogP contribution in [-0.2, 0) is 0 Å². The van der Waals surface area contributed by atoms with Gasteiger partial charge in [-0.15, -0.1) is 0 Å². The Hall–Kier alpha value is -1.85. The van der Waals surface area contributed by atoms with E-state index in [9.17, 15) is 5.11 Å². The summed E-state index contributed by atoms with van der Waals surface area (Å²) in [5, 5.41) is 10.3. The molecular formula is C21H28N2O2S. The number of phenolic OH excluding ortho intramolecular Hbond substituents is 1. The maximum absolute atomic E-state index is 10.3. The van der Waals surface area contributed by atoms with Crippen LogP contribution in [0.15, 0.2) is 47.4 Å². The van der Waals surface area contributed by atoms with Gasteiger partial charge in [-0.3, -0.25) is 4.72 Å². The van der Waals surface area contributed by atoms with Gasteiger partial charge in [-0.1, -0.05) is 44.9 Å². The average Bonchev–Trinajstić information content (AvgIpc) is 2.84. The van der Waals surface area contributed by atoms with Crippen molar-refractivity contribution in [2.24, 2.45) is 0 Å². The Morgan fingerprint density at radius 2 is 2.00 bits per heavy atom. The molecule has 0 radical (unpaired) electrons. The number of hydrogen-bond donors (Lipinski definition) is 2. The van der Waals surface area contributed by atoms with Gasteiger partial charge < -0.3 is 14.7 Å². The zero-order valence-electron chi connectivity index (χ0n) is 15.8. The van der Waals surface area contributed by atoms with Crippen LogP contribution in [0.2, 0.25) is 0 Å². The van der Waals surface area contributed by atoms with Crippen LogP contribution >= 0.6 is 11.9 Å². The van der Waals surface area contributed by atoms with E-state index in [-0.39, 0.29) is 11.3 Å². The summed E-state index contributed by atoms with van der Waals surface area (Å²) in [7, 11) is 1.59. The summed E-state index contributed by atoms with van der Waals surface area (Å²) in [5.74, 6) is 0.675. The zero-order chi connectivity index (χ0) is 18.6. The van der Waals surface area contributed by atoms with E-state index >= 15 is 0 Å². The molecule has 0 saturated carbocycles. The number of fused-ring (bicyclic) bond motifs is 1. The van der Waals surface area contributed by atoms with E-state index < -0.39 is 0 Å². The summed E-state index contributed by atoms with van der Waals surface area (Å²) in [6.07, 6.45) is 4.53. The number of para-hydroxylation sites is 1. The molecule has 2 aromatic rings. The van der Waals surface area contributed by atoms with Crippen molar-refractivity contribution in [1.82, 2.24) is 4.72 Å². The van der Waals surface area contributed by atoms with Gasteiger partial charge in [0.2, 0.25) is 0 Å². The van der Waals surface area contributed by atoms with E-state index in [0.717, 1.165) is 35.7 Å². The molecule has 1 atom stereocenters. The molecule has 1 aliphatic rings. The molecule has 0 aromatic heterocycles. The van der Waals surface area contributed by atoms with Crippen molar-refractivity contribution in [3.8, 4) is 11.5 Å². The van der Waals surface area contributed by atoms with Gasteiger partial charge in [-0.05, 0) is 36.9 Å². The quantitative estimate of drug-likeness (QED) is 0.657. The lowest BCUT2D eigenvalue weighted by Crippen LogP contribution is -2.48. The molecule has 0 spiro atoms. The van der Waals surface area contributed by atoms with Crippen molar-refractivity contribution in [1.29, 1.82) is 0 Å². The molecule has 0 saturated heterocycles. The largest absolute Gasteiger partial charge is 0.504 e. The van der Waals surface area contributed by atoms with E-state index in [1.165, 1.54) is 12.8 Å². The molecular weight excluding hydrogens is 344 g/mol. The number of rotatable bonds is 6. The molecule has 1 aliphatic heterocycles. The second-order valence-corrected chi connectivity index (χ2v) is 7.70. The van der Waals surface area contributed by atoms with Gasteiger partial charge in [0.15, 0.2) is 11.5 Å². The highest BCUT2D eigenvalue weighted by molar-refractivity contribution is 7.97. The first-order valence-electron chi connectivity index (χ1n) is 9.30. The van der Waals surface area contributed by atoms with Gasteiger partial charge in [-0.2, -0.15) is 0 Å². The first-order chi connectivity index (χ1) is 12.6. The maximum atomic E-state index is 10.3. The smallest absolute Gasteiger partial charge is 0.162 e. The van der Waals surface area contributed by atoms with E-state index in [2.05, 4.69) is 47.7 Å². The van der Waals surface area contributed by atoms with Crippen LogP contribution in [0.4, 0.5) is 11.4 Å². The highest BCUT2D eigenvalue weighted by atomic mass is 32.2. The zero-order valence-corrected chi connectivity index (χ0v) is 16.6. The third kappa shape index (κ3) is 3.79. The maximum Gasteiger partial charge on any atom is 0.162 e. The Labute approximate surface area is 160 Å². The summed E-state index contributed by atoms with van der Waals surface area (Å²) in [6, 6.07) is 14.2. The molecule has 26 heavy (non-hydrogen) atoms. The van der Waals surface area contributed by atoms with Crippen LogP contribution in [0.1, 0.15) is 39.5 Å². The van der Waals surface area contributed by atoms with Crippen LogP contribution in [0.3, 0.4) is 0 Å². The SMILES string of the molecule is CCCC[C@@]1(CC)CN(c2ccccc2)c2cc(OC)c(O)cc2SN1. The lowest BCUT2D eigenvalue weighted by atomic mass is 9.89. The van der Waals surface area contributed by atoms with Crippen LogP contribution in [0.25, 0.3) is 0 Å². The normalized spacial score (nSPS) is 19.7. The summed E-state index contributed by atoms with van der Waals surface area (Å²) in [6.45, 7) is 5.36. The number of anilines is 2. The van der Waals surface area contributed by atoms with Crippen LogP contribution in [-0.4, -0.2) is 24.3 Å². The van der Waals surface area contributed by atoms with Gasteiger partial charge in [0.25, 0.3) is 0 Å². The molecule has 4 nitrogen and oxygen atoms in total. The predicted molar refractivity (Wildman–Crippen MR) is 110 cm³/mol. The summed E-state index contributed by atoms with van der Waals surface area (Å²) in [5.41, 5.74) is 2.23. The molecule has 5 heteroatoms. The van der Waals surface area contributed by atoms with Crippen molar-refractivity contribution in [2.45, 2.75) is 50.0 Å². The Bertz CT molecular complexity index is 738.